The largest absolute Gasteiger partial charge is 0.340 e. The van der Waals surface area contributed by atoms with Gasteiger partial charge in [-0.1, -0.05) is 0 Å². The summed E-state index contributed by atoms with van der Waals surface area (Å²) in [7, 11) is -7.42. The minimum Gasteiger partial charge on any atom is -0.340 e. The molecule has 26 heavy (non-hydrogen) atoms. The van der Waals surface area contributed by atoms with Crippen molar-refractivity contribution >= 4 is 25.6 Å². The number of hydrogen-bond donors (Lipinski definition) is 0. The van der Waals surface area contributed by atoms with E-state index in [9.17, 15) is 26.0 Å². The minimum absolute atomic E-state index is 0.0563. The standard InChI is InChI=1S/C16H21FN2O5S2/c1-12(20)18-6-8-19(9-7-18)15-10-25(21,22)11-16(15)26(23,24)14-4-2-13(17)3-5-14/h2-5,15-16H,6-11H2,1H3/t15-,16-/m0/s1. The maximum Gasteiger partial charge on any atom is 0.219 e. The molecular formula is C16H21FN2O5S2. The van der Waals surface area contributed by atoms with Crippen LogP contribution in [0.1, 0.15) is 6.92 Å². The van der Waals surface area contributed by atoms with E-state index in [4.69, 9.17) is 0 Å². The van der Waals surface area contributed by atoms with Crippen molar-refractivity contribution in [3.8, 4) is 0 Å². The summed E-state index contributed by atoms with van der Waals surface area (Å²) in [5.74, 6) is -1.28. The van der Waals surface area contributed by atoms with Gasteiger partial charge in [-0.15, -0.1) is 0 Å². The first kappa shape index (κ1) is 19.2. The van der Waals surface area contributed by atoms with Gasteiger partial charge in [0.05, 0.1) is 21.7 Å². The van der Waals surface area contributed by atoms with Crippen LogP contribution in [0.5, 0.6) is 0 Å². The van der Waals surface area contributed by atoms with E-state index in [-0.39, 0.29) is 16.6 Å². The second-order valence-electron chi connectivity index (χ2n) is 6.72. The van der Waals surface area contributed by atoms with E-state index in [0.717, 1.165) is 12.1 Å². The van der Waals surface area contributed by atoms with Crippen molar-refractivity contribution in [1.82, 2.24) is 9.80 Å². The summed E-state index contributed by atoms with van der Waals surface area (Å²) in [6, 6.07) is 3.78. The predicted molar refractivity (Wildman–Crippen MR) is 93.6 cm³/mol. The van der Waals surface area contributed by atoms with E-state index in [1.165, 1.54) is 19.1 Å². The first-order valence-corrected chi connectivity index (χ1v) is 11.7. The Hall–Kier alpha value is -1.52. The van der Waals surface area contributed by atoms with Crippen molar-refractivity contribution in [2.45, 2.75) is 23.1 Å². The second-order valence-corrected chi connectivity index (χ2v) is 11.0. The monoisotopic (exact) mass is 404 g/mol. The fraction of sp³-hybridized carbons (Fsp3) is 0.562. The van der Waals surface area contributed by atoms with Crippen molar-refractivity contribution in [3.63, 3.8) is 0 Å². The molecule has 7 nitrogen and oxygen atoms in total. The van der Waals surface area contributed by atoms with Crippen LogP contribution in [0.4, 0.5) is 4.39 Å². The molecule has 0 radical (unpaired) electrons. The molecule has 0 spiro atoms. The number of amides is 1. The van der Waals surface area contributed by atoms with Crippen molar-refractivity contribution in [2.24, 2.45) is 0 Å². The first-order chi connectivity index (χ1) is 12.1. The molecule has 2 aliphatic heterocycles. The lowest BCUT2D eigenvalue weighted by atomic mass is 10.2. The molecule has 2 aliphatic rings. The summed E-state index contributed by atoms with van der Waals surface area (Å²) in [5, 5.41) is -1.10. The van der Waals surface area contributed by atoms with Crippen LogP contribution in [-0.4, -0.2) is 81.5 Å². The van der Waals surface area contributed by atoms with Crippen molar-refractivity contribution < 1.29 is 26.0 Å². The average molecular weight is 404 g/mol. The third-order valence-corrected chi connectivity index (χ3v) is 9.18. The lowest BCUT2D eigenvalue weighted by Crippen LogP contribution is -2.55. The van der Waals surface area contributed by atoms with Gasteiger partial charge >= 0.3 is 0 Å². The Morgan fingerprint density at radius 3 is 2.19 bits per heavy atom. The molecule has 1 aromatic rings. The lowest BCUT2D eigenvalue weighted by Gasteiger charge is -2.39. The maximum absolute atomic E-state index is 13.1. The van der Waals surface area contributed by atoms with Crippen LogP contribution in [0.3, 0.4) is 0 Å². The van der Waals surface area contributed by atoms with E-state index in [1.54, 1.807) is 4.90 Å². The van der Waals surface area contributed by atoms with Gasteiger partial charge in [0, 0.05) is 39.1 Å². The highest BCUT2D eigenvalue weighted by molar-refractivity contribution is 7.96. The second kappa shape index (κ2) is 6.90. The molecule has 2 atom stereocenters. The molecule has 0 N–H and O–H groups in total. The minimum atomic E-state index is -3.92. The predicted octanol–water partition coefficient (Wildman–Crippen LogP) is -0.0709. The molecule has 0 aromatic heterocycles. The molecule has 1 amide bonds. The van der Waals surface area contributed by atoms with Gasteiger partial charge in [0.1, 0.15) is 5.82 Å². The number of hydrogen-bond acceptors (Lipinski definition) is 6. The topological polar surface area (TPSA) is 91.8 Å². The normalized spacial score (nSPS) is 26.8. The highest BCUT2D eigenvalue weighted by Crippen LogP contribution is 2.29. The Morgan fingerprint density at radius 1 is 1.08 bits per heavy atom. The number of rotatable bonds is 3. The molecule has 2 heterocycles. The van der Waals surface area contributed by atoms with Crippen LogP contribution in [0.2, 0.25) is 0 Å². The summed E-state index contributed by atoms with van der Waals surface area (Å²) in [5.41, 5.74) is 0. The van der Waals surface area contributed by atoms with E-state index < -0.39 is 42.5 Å². The van der Waals surface area contributed by atoms with Crippen LogP contribution >= 0.6 is 0 Å². The fourth-order valence-corrected chi connectivity index (χ4v) is 8.43. The van der Waals surface area contributed by atoms with E-state index in [2.05, 4.69) is 0 Å². The highest BCUT2D eigenvalue weighted by atomic mass is 32.2. The van der Waals surface area contributed by atoms with Crippen molar-refractivity contribution in [2.75, 3.05) is 37.7 Å². The number of carbonyl (C=O) groups excluding carboxylic acids is 1. The zero-order valence-electron chi connectivity index (χ0n) is 14.3. The Balaban J connectivity index is 1.87. The van der Waals surface area contributed by atoms with Gasteiger partial charge in [0.25, 0.3) is 0 Å². The lowest BCUT2D eigenvalue weighted by molar-refractivity contribution is -0.130. The summed E-state index contributed by atoms with van der Waals surface area (Å²) >= 11 is 0. The van der Waals surface area contributed by atoms with Crippen LogP contribution in [0.25, 0.3) is 0 Å². The molecule has 0 saturated carbocycles. The number of benzene rings is 1. The zero-order chi connectivity index (χ0) is 19.1. The van der Waals surface area contributed by atoms with Gasteiger partial charge in [0.2, 0.25) is 5.91 Å². The molecule has 3 rings (SSSR count). The smallest absolute Gasteiger partial charge is 0.219 e. The quantitative estimate of drug-likeness (QED) is 0.655. The number of sulfone groups is 2. The van der Waals surface area contributed by atoms with Crippen LogP contribution in [0, 0.1) is 5.82 Å². The molecule has 1 aromatic carbocycles. The Labute approximate surface area is 152 Å². The summed E-state index contributed by atoms with van der Waals surface area (Å²) in [4.78, 5) is 14.9. The maximum atomic E-state index is 13.1. The van der Waals surface area contributed by atoms with Crippen LogP contribution in [0.15, 0.2) is 29.2 Å². The van der Waals surface area contributed by atoms with Gasteiger partial charge in [-0.2, -0.15) is 0 Å². The van der Waals surface area contributed by atoms with E-state index >= 15 is 0 Å². The van der Waals surface area contributed by atoms with Gasteiger partial charge in [-0.25, -0.2) is 21.2 Å². The van der Waals surface area contributed by atoms with Crippen LogP contribution < -0.4 is 0 Å². The Bertz CT molecular complexity index is 891. The fourth-order valence-electron chi connectivity index (χ4n) is 3.60. The number of carbonyl (C=O) groups is 1. The summed E-state index contributed by atoms with van der Waals surface area (Å²) in [6.07, 6.45) is 0. The average Bonchev–Trinajstić information content (AvgIpc) is 2.92. The molecule has 2 fully saturated rings. The third-order valence-electron chi connectivity index (χ3n) is 5.04. The molecule has 0 unspecified atom stereocenters. The molecule has 144 valence electrons. The third kappa shape index (κ3) is 3.77. The number of piperazine rings is 1. The molecule has 10 heteroatoms. The zero-order valence-corrected chi connectivity index (χ0v) is 16.0. The molecule has 0 bridgehead atoms. The van der Waals surface area contributed by atoms with Gasteiger partial charge in [-0.05, 0) is 24.3 Å². The van der Waals surface area contributed by atoms with Crippen molar-refractivity contribution in [1.29, 1.82) is 0 Å². The van der Waals surface area contributed by atoms with Gasteiger partial charge in [0.15, 0.2) is 19.7 Å². The SMILES string of the molecule is CC(=O)N1CCN([C@H]2CS(=O)(=O)C[C@@H]2S(=O)(=O)c2ccc(F)cc2)CC1. The Morgan fingerprint density at radius 2 is 1.65 bits per heavy atom. The number of nitrogens with zero attached hydrogens (tertiary/aromatic N) is 2. The first-order valence-electron chi connectivity index (χ1n) is 8.29. The summed E-state index contributed by atoms with van der Waals surface area (Å²) in [6.45, 7) is 3.20. The molecular weight excluding hydrogens is 383 g/mol. The van der Waals surface area contributed by atoms with Crippen LogP contribution in [-0.2, 0) is 24.5 Å². The molecule has 0 aliphatic carbocycles. The Kier molecular flexibility index (Phi) is 5.11. The summed E-state index contributed by atoms with van der Waals surface area (Å²) < 4.78 is 63.4. The highest BCUT2D eigenvalue weighted by Gasteiger charge is 2.48. The molecule has 2 saturated heterocycles. The van der Waals surface area contributed by atoms with E-state index in [0.29, 0.717) is 26.2 Å². The van der Waals surface area contributed by atoms with Gasteiger partial charge in [-0.3, -0.25) is 9.69 Å². The van der Waals surface area contributed by atoms with Crippen molar-refractivity contribution in [3.05, 3.63) is 30.1 Å². The van der Waals surface area contributed by atoms with E-state index in [1.807, 2.05) is 4.90 Å². The van der Waals surface area contributed by atoms with Gasteiger partial charge < -0.3 is 4.90 Å². The number of halogens is 1.